The molecule has 0 aliphatic carbocycles. The van der Waals surface area contributed by atoms with Crippen molar-refractivity contribution in [3.8, 4) is 6.07 Å². The molecule has 0 spiro atoms. The molecule has 14 heavy (non-hydrogen) atoms. The van der Waals surface area contributed by atoms with Crippen molar-refractivity contribution >= 4 is 5.69 Å². The van der Waals surface area contributed by atoms with Gasteiger partial charge in [0.15, 0.2) is 0 Å². The summed E-state index contributed by atoms with van der Waals surface area (Å²) in [6.45, 7) is 6.34. The first-order valence-corrected chi connectivity index (χ1v) is 4.72. The number of anilines is 1. The van der Waals surface area contributed by atoms with E-state index in [-0.39, 0.29) is 5.41 Å². The molecule has 1 aromatic rings. The normalized spacial score (nSPS) is 10.8. The van der Waals surface area contributed by atoms with Crippen LogP contribution in [0.4, 0.5) is 5.69 Å². The van der Waals surface area contributed by atoms with Gasteiger partial charge in [-0.15, -0.1) is 0 Å². The van der Waals surface area contributed by atoms with Crippen molar-refractivity contribution < 1.29 is 0 Å². The maximum atomic E-state index is 9.10. The molecule has 1 N–H and O–H groups in total. The van der Waals surface area contributed by atoms with E-state index in [0.717, 1.165) is 16.8 Å². The van der Waals surface area contributed by atoms with Crippen LogP contribution in [-0.4, -0.2) is 7.05 Å². The summed E-state index contributed by atoms with van der Waals surface area (Å²) in [5.74, 6) is 0. The van der Waals surface area contributed by atoms with Crippen LogP contribution in [0.2, 0.25) is 0 Å². The summed E-state index contributed by atoms with van der Waals surface area (Å²) in [4.78, 5) is 0. The molecule has 0 fully saturated rings. The van der Waals surface area contributed by atoms with Crippen LogP contribution in [0.1, 0.15) is 31.9 Å². The zero-order valence-corrected chi connectivity index (χ0v) is 9.18. The topological polar surface area (TPSA) is 35.8 Å². The molecule has 0 atom stereocenters. The number of hydrogen-bond donors (Lipinski definition) is 1. The van der Waals surface area contributed by atoms with Crippen molar-refractivity contribution in [3.05, 3.63) is 29.3 Å². The Kier molecular flexibility index (Phi) is 2.81. The minimum absolute atomic E-state index is 0.0118. The first kappa shape index (κ1) is 10.6. The van der Waals surface area contributed by atoms with Crippen LogP contribution in [0.5, 0.6) is 0 Å². The predicted octanol–water partition coefficient (Wildman–Crippen LogP) is 2.90. The van der Waals surface area contributed by atoms with Gasteiger partial charge in [-0.3, -0.25) is 0 Å². The largest absolute Gasteiger partial charge is 0.387 e. The molecule has 1 rings (SSSR count). The van der Waals surface area contributed by atoms with Crippen LogP contribution >= 0.6 is 0 Å². The molecule has 0 saturated heterocycles. The van der Waals surface area contributed by atoms with Gasteiger partial charge < -0.3 is 5.32 Å². The monoisotopic (exact) mass is 188 g/mol. The lowest BCUT2D eigenvalue weighted by Crippen LogP contribution is -2.14. The van der Waals surface area contributed by atoms with Crippen molar-refractivity contribution in [2.24, 2.45) is 0 Å². The minimum Gasteiger partial charge on any atom is -0.387 e. The van der Waals surface area contributed by atoms with E-state index in [2.05, 4.69) is 32.2 Å². The highest BCUT2D eigenvalue weighted by Gasteiger charge is 2.19. The second-order valence-corrected chi connectivity index (χ2v) is 4.34. The van der Waals surface area contributed by atoms with E-state index < -0.39 is 0 Å². The quantitative estimate of drug-likeness (QED) is 0.735. The Bertz CT molecular complexity index is 367. The van der Waals surface area contributed by atoms with Crippen LogP contribution in [0, 0.1) is 11.3 Å². The van der Waals surface area contributed by atoms with Gasteiger partial charge in [-0.25, -0.2) is 0 Å². The highest BCUT2D eigenvalue weighted by Crippen LogP contribution is 2.29. The van der Waals surface area contributed by atoms with Gasteiger partial charge >= 0.3 is 0 Å². The molecule has 1 aromatic carbocycles. The second kappa shape index (κ2) is 3.71. The van der Waals surface area contributed by atoms with Gasteiger partial charge in [0.2, 0.25) is 0 Å². The van der Waals surface area contributed by atoms with Gasteiger partial charge in [0.05, 0.1) is 11.3 Å². The Balaban J connectivity index is 3.39. The van der Waals surface area contributed by atoms with Gasteiger partial charge in [-0.2, -0.15) is 5.26 Å². The Labute approximate surface area is 85.6 Å². The highest BCUT2D eigenvalue weighted by molar-refractivity contribution is 5.61. The zero-order chi connectivity index (χ0) is 10.8. The fourth-order valence-electron chi connectivity index (χ4n) is 1.51. The molecule has 2 nitrogen and oxygen atoms in total. The minimum atomic E-state index is 0.0118. The van der Waals surface area contributed by atoms with E-state index in [4.69, 9.17) is 5.26 Å². The first-order valence-electron chi connectivity index (χ1n) is 4.72. The summed E-state index contributed by atoms with van der Waals surface area (Å²) in [6, 6.07) is 8.18. The zero-order valence-electron chi connectivity index (χ0n) is 9.18. The van der Waals surface area contributed by atoms with Gasteiger partial charge in [0, 0.05) is 7.05 Å². The second-order valence-electron chi connectivity index (χ2n) is 4.34. The van der Waals surface area contributed by atoms with E-state index in [1.165, 1.54) is 0 Å². The van der Waals surface area contributed by atoms with Gasteiger partial charge in [0.25, 0.3) is 0 Å². The van der Waals surface area contributed by atoms with Crippen molar-refractivity contribution in [1.29, 1.82) is 5.26 Å². The SMILES string of the molecule is CNc1cccc(C(C)(C)C)c1C#N. The molecule has 0 amide bonds. The highest BCUT2D eigenvalue weighted by atomic mass is 14.8. The fraction of sp³-hybridized carbons (Fsp3) is 0.417. The number of nitrogens with zero attached hydrogens (tertiary/aromatic N) is 1. The molecule has 0 saturated carbocycles. The van der Waals surface area contributed by atoms with Crippen molar-refractivity contribution in [1.82, 2.24) is 0 Å². The molecule has 0 aliphatic heterocycles. The lowest BCUT2D eigenvalue weighted by molar-refractivity contribution is 0.589. The summed E-state index contributed by atoms with van der Waals surface area (Å²) in [5, 5.41) is 12.1. The van der Waals surface area contributed by atoms with Crippen LogP contribution in [0.25, 0.3) is 0 Å². The molecule has 0 aromatic heterocycles. The number of hydrogen-bond acceptors (Lipinski definition) is 2. The number of rotatable bonds is 1. The Morgan fingerprint density at radius 3 is 2.36 bits per heavy atom. The van der Waals surface area contributed by atoms with Crippen molar-refractivity contribution in [2.45, 2.75) is 26.2 Å². The molecule has 74 valence electrons. The average Bonchev–Trinajstić information content (AvgIpc) is 2.15. The van der Waals surface area contributed by atoms with Crippen molar-refractivity contribution in [2.75, 3.05) is 12.4 Å². The van der Waals surface area contributed by atoms with E-state index in [1.54, 1.807) is 0 Å². The number of nitrogens with one attached hydrogen (secondary N) is 1. The summed E-state index contributed by atoms with van der Waals surface area (Å²) >= 11 is 0. The Morgan fingerprint density at radius 2 is 1.93 bits per heavy atom. The lowest BCUT2D eigenvalue weighted by Gasteiger charge is -2.21. The Morgan fingerprint density at radius 1 is 1.29 bits per heavy atom. The summed E-state index contributed by atoms with van der Waals surface area (Å²) in [5.41, 5.74) is 2.76. The molecule has 0 bridgehead atoms. The molecule has 0 unspecified atom stereocenters. The molecule has 0 radical (unpaired) electrons. The maximum absolute atomic E-state index is 9.10. The van der Waals surface area contributed by atoms with Crippen LogP contribution in [-0.2, 0) is 5.41 Å². The smallest absolute Gasteiger partial charge is 0.102 e. The van der Waals surface area contributed by atoms with E-state index in [9.17, 15) is 0 Å². The third kappa shape index (κ3) is 1.88. The van der Waals surface area contributed by atoms with Crippen molar-refractivity contribution in [3.63, 3.8) is 0 Å². The third-order valence-electron chi connectivity index (χ3n) is 2.25. The van der Waals surface area contributed by atoms with Gasteiger partial charge in [-0.1, -0.05) is 32.9 Å². The average molecular weight is 188 g/mol. The summed E-state index contributed by atoms with van der Waals surface area (Å²) < 4.78 is 0. The van der Waals surface area contributed by atoms with Gasteiger partial charge in [-0.05, 0) is 17.0 Å². The molecule has 2 heteroatoms. The predicted molar refractivity (Wildman–Crippen MR) is 59.4 cm³/mol. The van der Waals surface area contributed by atoms with E-state index in [1.807, 2.05) is 25.2 Å². The standard InChI is InChI=1S/C12H16N2/c1-12(2,3)10-6-5-7-11(14-4)9(10)8-13/h5-7,14H,1-4H3. The summed E-state index contributed by atoms with van der Waals surface area (Å²) in [6.07, 6.45) is 0. The van der Waals surface area contributed by atoms with Crippen LogP contribution in [0.3, 0.4) is 0 Å². The fourth-order valence-corrected chi connectivity index (χ4v) is 1.51. The van der Waals surface area contributed by atoms with Crippen LogP contribution in [0.15, 0.2) is 18.2 Å². The van der Waals surface area contributed by atoms with Crippen LogP contribution < -0.4 is 5.32 Å². The van der Waals surface area contributed by atoms with E-state index >= 15 is 0 Å². The number of nitriles is 1. The molecular weight excluding hydrogens is 172 g/mol. The maximum Gasteiger partial charge on any atom is 0.102 e. The first-order chi connectivity index (χ1) is 6.50. The van der Waals surface area contributed by atoms with E-state index in [0.29, 0.717) is 0 Å². The third-order valence-corrected chi connectivity index (χ3v) is 2.25. The molecule has 0 heterocycles. The molecular formula is C12H16N2. The molecule has 0 aliphatic rings. The number of benzene rings is 1. The Hall–Kier alpha value is -1.49. The summed E-state index contributed by atoms with van der Waals surface area (Å²) in [7, 11) is 1.84. The van der Waals surface area contributed by atoms with Gasteiger partial charge in [0.1, 0.15) is 6.07 Å². The lowest BCUT2D eigenvalue weighted by atomic mass is 9.83.